The first kappa shape index (κ1) is 11.5. The minimum atomic E-state index is -0.545. The lowest BCUT2D eigenvalue weighted by molar-refractivity contribution is -0.216. The molecule has 6 heteroatoms. The molecule has 1 unspecified atom stereocenters. The Bertz CT molecular complexity index is 290. The van der Waals surface area contributed by atoms with Gasteiger partial charge in [-0.2, -0.15) is 5.06 Å². The number of β-lactam (4-membered cyclic amide) rings is 1. The lowest BCUT2D eigenvalue weighted by Crippen LogP contribution is -2.63. The van der Waals surface area contributed by atoms with E-state index in [2.05, 4.69) is 5.32 Å². The van der Waals surface area contributed by atoms with Gasteiger partial charge in [0, 0.05) is 13.3 Å². The van der Waals surface area contributed by atoms with Crippen LogP contribution in [0.1, 0.15) is 26.7 Å². The van der Waals surface area contributed by atoms with Gasteiger partial charge in [-0.3, -0.25) is 9.59 Å². The van der Waals surface area contributed by atoms with E-state index in [9.17, 15) is 14.4 Å². The first-order valence-corrected chi connectivity index (χ1v) is 4.84. The molecule has 0 radical (unpaired) electrons. The van der Waals surface area contributed by atoms with Crippen LogP contribution in [0.5, 0.6) is 0 Å². The molecule has 1 rings (SSSR count). The van der Waals surface area contributed by atoms with E-state index >= 15 is 0 Å². The Balaban J connectivity index is 2.29. The molecule has 0 bridgehead atoms. The third-order valence-electron chi connectivity index (χ3n) is 1.94. The summed E-state index contributed by atoms with van der Waals surface area (Å²) >= 11 is 0. The molecule has 84 valence electrons. The van der Waals surface area contributed by atoms with Crippen LogP contribution in [-0.2, 0) is 19.2 Å². The summed E-state index contributed by atoms with van der Waals surface area (Å²) in [5.41, 5.74) is 0. The molecule has 0 spiro atoms. The van der Waals surface area contributed by atoms with Crippen LogP contribution in [0.15, 0.2) is 0 Å². The van der Waals surface area contributed by atoms with Crippen molar-refractivity contribution in [2.24, 2.45) is 0 Å². The Morgan fingerprint density at radius 2 is 2.27 bits per heavy atom. The molecule has 1 heterocycles. The Labute approximate surface area is 87.5 Å². The monoisotopic (exact) mass is 214 g/mol. The molecule has 0 aromatic heterocycles. The van der Waals surface area contributed by atoms with Gasteiger partial charge in [-0.25, -0.2) is 4.79 Å². The molecule has 1 fully saturated rings. The molecule has 1 saturated heterocycles. The summed E-state index contributed by atoms with van der Waals surface area (Å²) in [5.74, 6) is -1.07. The maximum atomic E-state index is 11.3. The quantitative estimate of drug-likeness (QED) is 0.645. The predicted molar refractivity (Wildman–Crippen MR) is 50.3 cm³/mol. The van der Waals surface area contributed by atoms with Crippen LogP contribution in [0, 0.1) is 0 Å². The van der Waals surface area contributed by atoms with E-state index < -0.39 is 12.0 Å². The van der Waals surface area contributed by atoms with Crippen molar-refractivity contribution < 1.29 is 19.2 Å². The second-order valence-corrected chi connectivity index (χ2v) is 3.37. The Kier molecular flexibility index (Phi) is 3.65. The summed E-state index contributed by atoms with van der Waals surface area (Å²) < 4.78 is 0. The number of hydroxylamine groups is 2. The van der Waals surface area contributed by atoms with Gasteiger partial charge >= 0.3 is 5.97 Å². The first-order valence-electron chi connectivity index (χ1n) is 4.84. The van der Waals surface area contributed by atoms with E-state index in [0.717, 1.165) is 5.06 Å². The molecule has 1 aliphatic heterocycles. The predicted octanol–water partition coefficient (Wildman–Crippen LogP) is -0.408. The normalized spacial score (nSPS) is 19.5. The SMILES string of the molecule is CCCC(=O)ON1CC(NC(C)=O)C1=O. The third-order valence-corrected chi connectivity index (χ3v) is 1.94. The molecule has 0 aromatic carbocycles. The van der Waals surface area contributed by atoms with Crippen LogP contribution in [0.4, 0.5) is 0 Å². The van der Waals surface area contributed by atoms with Crippen LogP contribution < -0.4 is 5.32 Å². The second-order valence-electron chi connectivity index (χ2n) is 3.37. The number of carbonyl (C=O) groups excluding carboxylic acids is 3. The molecular formula is C9H14N2O4. The molecule has 6 nitrogen and oxygen atoms in total. The van der Waals surface area contributed by atoms with Crippen LogP contribution in [0.2, 0.25) is 0 Å². The van der Waals surface area contributed by atoms with E-state index in [1.54, 1.807) is 0 Å². The molecule has 1 N–H and O–H groups in total. The number of hydrogen-bond donors (Lipinski definition) is 1. The summed E-state index contributed by atoms with van der Waals surface area (Å²) in [4.78, 5) is 37.7. The van der Waals surface area contributed by atoms with E-state index in [1.165, 1.54) is 6.92 Å². The fraction of sp³-hybridized carbons (Fsp3) is 0.667. The van der Waals surface area contributed by atoms with E-state index in [1.807, 2.05) is 6.92 Å². The maximum Gasteiger partial charge on any atom is 0.332 e. The standard InChI is InChI=1S/C9H14N2O4/c1-3-4-8(13)15-11-5-7(9(11)14)10-6(2)12/h7H,3-5H2,1-2H3,(H,10,12). The Morgan fingerprint density at radius 1 is 1.60 bits per heavy atom. The van der Waals surface area contributed by atoms with Gasteiger partial charge in [0.15, 0.2) is 0 Å². The summed E-state index contributed by atoms with van der Waals surface area (Å²) in [7, 11) is 0. The van der Waals surface area contributed by atoms with Crippen molar-refractivity contribution in [2.75, 3.05) is 6.54 Å². The van der Waals surface area contributed by atoms with Gasteiger partial charge in [-0.05, 0) is 6.42 Å². The summed E-state index contributed by atoms with van der Waals surface area (Å²) in [6.07, 6.45) is 0.963. The van der Waals surface area contributed by atoms with Crippen LogP contribution in [0.3, 0.4) is 0 Å². The van der Waals surface area contributed by atoms with Crippen molar-refractivity contribution in [3.05, 3.63) is 0 Å². The van der Waals surface area contributed by atoms with Crippen molar-refractivity contribution >= 4 is 17.8 Å². The number of carbonyl (C=O) groups is 3. The average molecular weight is 214 g/mol. The average Bonchev–Trinajstić information content (AvgIpc) is 2.15. The first-order chi connectivity index (χ1) is 7.04. The van der Waals surface area contributed by atoms with Crippen molar-refractivity contribution in [1.29, 1.82) is 0 Å². The summed E-state index contributed by atoms with van der Waals surface area (Å²) in [6.45, 7) is 3.41. The fourth-order valence-corrected chi connectivity index (χ4v) is 1.20. The minimum Gasteiger partial charge on any atom is -0.343 e. The van der Waals surface area contributed by atoms with E-state index in [0.29, 0.717) is 6.42 Å². The van der Waals surface area contributed by atoms with Crippen molar-refractivity contribution in [3.63, 3.8) is 0 Å². The van der Waals surface area contributed by atoms with Crippen LogP contribution in [-0.4, -0.2) is 35.4 Å². The molecule has 1 aliphatic rings. The number of nitrogens with one attached hydrogen (secondary N) is 1. The van der Waals surface area contributed by atoms with E-state index in [-0.39, 0.29) is 24.8 Å². The Hall–Kier alpha value is -1.59. The van der Waals surface area contributed by atoms with Gasteiger partial charge < -0.3 is 10.2 Å². The number of nitrogens with zero attached hydrogens (tertiary/aromatic N) is 1. The largest absolute Gasteiger partial charge is 0.343 e. The summed E-state index contributed by atoms with van der Waals surface area (Å²) in [5, 5.41) is 3.41. The molecule has 15 heavy (non-hydrogen) atoms. The zero-order chi connectivity index (χ0) is 11.4. The van der Waals surface area contributed by atoms with Crippen molar-refractivity contribution in [2.45, 2.75) is 32.7 Å². The van der Waals surface area contributed by atoms with Gasteiger partial charge in [-0.15, -0.1) is 0 Å². The van der Waals surface area contributed by atoms with Gasteiger partial charge in [0.1, 0.15) is 6.04 Å². The molecule has 2 amide bonds. The van der Waals surface area contributed by atoms with Gasteiger partial charge in [-0.1, -0.05) is 6.92 Å². The van der Waals surface area contributed by atoms with Crippen LogP contribution in [0.25, 0.3) is 0 Å². The van der Waals surface area contributed by atoms with Crippen molar-refractivity contribution in [1.82, 2.24) is 10.4 Å². The fourth-order valence-electron chi connectivity index (χ4n) is 1.20. The highest BCUT2D eigenvalue weighted by Gasteiger charge is 2.40. The van der Waals surface area contributed by atoms with Gasteiger partial charge in [0.05, 0.1) is 6.54 Å². The topological polar surface area (TPSA) is 75.7 Å². The van der Waals surface area contributed by atoms with Crippen LogP contribution >= 0.6 is 0 Å². The Morgan fingerprint density at radius 3 is 2.73 bits per heavy atom. The maximum absolute atomic E-state index is 11.3. The highest BCUT2D eigenvalue weighted by atomic mass is 16.7. The zero-order valence-electron chi connectivity index (χ0n) is 8.78. The lowest BCUT2D eigenvalue weighted by atomic mass is 10.1. The van der Waals surface area contributed by atoms with Gasteiger partial charge in [0.25, 0.3) is 5.91 Å². The molecule has 1 atom stereocenters. The third kappa shape index (κ3) is 2.93. The molecule has 0 aliphatic carbocycles. The zero-order valence-corrected chi connectivity index (χ0v) is 8.78. The highest BCUT2D eigenvalue weighted by molar-refractivity contribution is 5.91. The lowest BCUT2D eigenvalue weighted by Gasteiger charge is -2.35. The summed E-state index contributed by atoms with van der Waals surface area (Å²) in [6, 6.07) is -0.545. The number of hydrogen-bond acceptors (Lipinski definition) is 4. The smallest absolute Gasteiger partial charge is 0.332 e. The number of amides is 2. The number of rotatable bonds is 4. The minimum absolute atomic E-state index is 0.230. The molecular weight excluding hydrogens is 200 g/mol. The van der Waals surface area contributed by atoms with E-state index in [4.69, 9.17) is 4.84 Å². The van der Waals surface area contributed by atoms with Crippen molar-refractivity contribution in [3.8, 4) is 0 Å². The highest BCUT2D eigenvalue weighted by Crippen LogP contribution is 2.11. The van der Waals surface area contributed by atoms with Gasteiger partial charge in [0.2, 0.25) is 5.91 Å². The molecule has 0 aromatic rings. The molecule has 0 saturated carbocycles. The second kappa shape index (κ2) is 4.77.